The fourth-order valence-corrected chi connectivity index (χ4v) is 14.9. The van der Waals surface area contributed by atoms with Gasteiger partial charge in [0.25, 0.3) is 0 Å². The van der Waals surface area contributed by atoms with Gasteiger partial charge in [-0.3, -0.25) is 9.69 Å². The van der Waals surface area contributed by atoms with Gasteiger partial charge in [0.15, 0.2) is 0 Å². The van der Waals surface area contributed by atoms with E-state index in [1.54, 1.807) is 0 Å². The average Bonchev–Trinajstić information content (AvgIpc) is 3.23. The van der Waals surface area contributed by atoms with Gasteiger partial charge in [0.1, 0.15) is 5.54 Å². The first-order valence-electron chi connectivity index (χ1n) is 41.5. The van der Waals surface area contributed by atoms with Crippen molar-refractivity contribution in [2.75, 3.05) is 13.1 Å². The van der Waals surface area contributed by atoms with Crippen LogP contribution in [0.3, 0.4) is 0 Å². The second-order valence-corrected chi connectivity index (χ2v) is 29.2. The smallest absolute Gasteiger partial charge is 0.324 e. The SMILES string of the molecule is CCCCCCCCCCCCCCCCC(CCCCCCCCCCCCCCCC)[C@@](CCCCCCCCCCCCCCCC)(C(=O)O)N(CCCCCCCCCCCCCCCC)CCCCCCCCCCCCCCCC. The monoisotopic (exact) mass is 1210 g/mol. The Balaban J connectivity index is 6.22. The molecule has 0 aliphatic heterocycles. The zero-order valence-corrected chi connectivity index (χ0v) is 60.9. The number of carbonyl (C=O) groups is 1. The molecule has 0 bridgehead atoms. The van der Waals surface area contributed by atoms with Gasteiger partial charge in [-0.1, -0.05) is 471 Å². The Morgan fingerprint density at radius 2 is 0.384 bits per heavy atom. The summed E-state index contributed by atoms with van der Waals surface area (Å²) in [6.45, 7) is 13.6. The van der Waals surface area contributed by atoms with Gasteiger partial charge in [-0.2, -0.15) is 0 Å². The van der Waals surface area contributed by atoms with Gasteiger partial charge in [0.05, 0.1) is 0 Å². The summed E-state index contributed by atoms with van der Waals surface area (Å²) in [6, 6.07) is 0. The van der Waals surface area contributed by atoms with E-state index in [1.807, 2.05) is 0 Å². The van der Waals surface area contributed by atoms with Crippen LogP contribution < -0.4 is 0 Å². The van der Waals surface area contributed by atoms with E-state index in [0.29, 0.717) is 0 Å². The van der Waals surface area contributed by atoms with E-state index in [0.717, 1.165) is 38.8 Å². The van der Waals surface area contributed by atoms with Crippen molar-refractivity contribution in [1.29, 1.82) is 0 Å². The topological polar surface area (TPSA) is 40.5 Å². The molecular weight excluding hydrogens is 1040 g/mol. The molecule has 0 saturated heterocycles. The normalized spacial score (nSPS) is 12.6. The van der Waals surface area contributed by atoms with Crippen LogP contribution in [0.5, 0.6) is 0 Å². The van der Waals surface area contributed by atoms with Gasteiger partial charge in [0, 0.05) is 0 Å². The van der Waals surface area contributed by atoms with Crippen molar-refractivity contribution in [3.8, 4) is 0 Å². The van der Waals surface area contributed by atoms with Crippen molar-refractivity contribution in [3.05, 3.63) is 0 Å². The van der Waals surface area contributed by atoms with Crippen molar-refractivity contribution >= 4 is 5.97 Å². The minimum Gasteiger partial charge on any atom is -0.480 e. The molecule has 86 heavy (non-hydrogen) atoms. The number of hydrogen-bond acceptors (Lipinski definition) is 2. The van der Waals surface area contributed by atoms with Gasteiger partial charge < -0.3 is 5.11 Å². The summed E-state index contributed by atoms with van der Waals surface area (Å²) < 4.78 is 0. The van der Waals surface area contributed by atoms with Crippen LogP contribution in [0.15, 0.2) is 0 Å². The van der Waals surface area contributed by atoms with Crippen molar-refractivity contribution in [2.24, 2.45) is 5.92 Å². The number of carboxylic acid groups (broad SMARTS) is 1. The minimum atomic E-state index is -0.725. The summed E-state index contributed by atoms with van der Waals surface area (Å²) in [6.07, 6.45) is 99.3. The molecule has 0 fully saturated rings. The molecule has 3 nitrogen and oxygen atoms in total. The maximum absolute atomic E-state index is 14.8. The van der Waals surface area contributed by atoms with E-state index in [1.165, 1.54) is 443 Å². The van der Waals surface area contributed by atoms with E-state index in [2.05, 4.69) is 39.5 Å². The van der Waals surface area contributed by atoms with E-state index in [-0.39, 0.29) is 5.92 Å². The number of unbranched alkanes of at least 4 members (excludes halogenated alkanes) is 65. The predicted molar refractivity (Wildman–Crippen MR) is 391 cm³/mol. The number of nitrogens with zero attached hydrogens (tertiary/aromatic N) is 1. The molecule has 0 unspecified atom stereocenters. The summed E-state index contributed by atoms with van der Waals surface area (Å²) >= 11 is 0. The number of aliphatic carboxylic acids is 1. The highest BCUT2D eigenvalue weighted by atomic mass is 16.4. The number of hydrogen-bond donors (Lipinski definition) is 1. The van der Waals surface area contributed by atoms with E-state index in [4.69, 9.17) is 0 Å². The summed E-state index contributed by atoms with van der Waals surface area (Å²) in [5.74, 6) is -0.182. The lowest BCUT2D eigenvalue weighted by Crippen LogP contribution is -2.60. The molecule has 0 aromatic rings. The third kappa shape index (κ3) is 58.5. The quantitative estimate of drug-likeness (QED) is 0.0617. The van der Waals surface area contributed by atoms with Gasteiger partial charge in [-0.15, -0.1) is 0 Å². The molecule has 0 rings (SSSR count). The molecule has 0 aliphatic carbocycles. The Kier molecular flexibility index (Phi) is 73.0. The Hall–Kier alpha value is -0.570. The zero-order chi connectivity index (χ0) is 62.3. The zero-order valence-electron chi connectivity index (χ0n) is 60.9. The van der Waals surface area contributed by atoms with Crippen LogP contribution in [0.1, 0.15) is 503 Å². The number of carboxylic acids is 1. The molecule has 0 aromatic carbocycles. The Morgan fingerprint density at radius 3 is 0.558 bits per heavy atom. The maximum Gasteiger partial charge on any atom is 0.324 e. The third-order valence-electron chi connectivity index (χ3n) is 20.9. The van der Waals surface area contributed by atoms with Gasteiger partial charge >= 0.3 is 5.97 Å². The summed E-state index contributed by atoms with van der Waals surface area (Å²) in [7, 11) is 0. The van der Waals surface area contributed by atoms with Crippen LogP contribution in [0, 0.1) is 5.92 Å². The van der Waals surface area contributed by atoms with Crippen LogP contribution in [0.4, 0.5) is 0 Å². The van der Waals surface area contributed by atoms with Crippen LogP contribution in [0.2, 0.25) is 0 Å². The molecule has 3 heteroatoms. The van der Waals surface area contributed by atoms with Crippen molar-refractivity contribution in [2.45, 2.75) is 509 Å². The van der Waals surface area contributed by atoms with E-state index in [9.17, 15) is 9.90 Å². The molecule has 0 aromatic heterocycles. The Morgan fingerprint density at radius 1 is 0.233 bits per heavy atom. The highest BCUT2D eigenvalue weighted by Crippen LogP contribution is 2.40. The molecule has 516 valence electrons. The van der Waals surface area contributed by atoms with Crippen LogP contribution >= 0.6 is 0 Å². The largest absolute Gasteiger partial charge is 0.480 e. The predicted octanol–water partition coefficient (Wildman–Crippen LogP) is 30.3. The Labute approximate surface area is 545 Å². The lowest BCUT2D eigenvalue weighted by Gasteiger charge is -2.47. The molecule has 0 aliphatic rings. The fourth-order valence-electron chi connectivity index (χ4n) is 14.9. The van der Waals surface area contributed by atoms with Crippen molar-refractivity contribution in [1.82, 2.24) is 4.90 Å². The molecular formula is C83H167NO2. The van der Waals surface area contributed by atoms with Gasteiger partial charge in [-0.25, -0.2) is 0 Å². The van der Waals surface area contributed by atoms with Crippen molar-refractivity contribution < 1.29 is 9.90 Å². The first kappa shape index (κ1) is 85.4. The van der Waals surface area contributed by atoms with Crippen molar-refractivity contribution in [3.63, 3.8) is 0 Å². The van der Waals surface area contributed by atoms with Gasteiger partial charge in [-0.05, 0) is 51.1 Å². The maximum atomic E-state index is 14.8. The minimum absolute atomic E-state index is 0.259. The molecule has 1 atom stereocenters. The molecule has 1 N–H and O–H groups in total. The summed E-state index contributed by atoms with van der Waals surface area (Å²) in [5.41, 5.74) is -0.725. The van der Waals surface area contributed by atoms with Crippen LogP contribution in [-0.4, -0.2) is 34.6 Å². The number of rotatable bonds is 78. The molecule has 0 amide bonds. The lowest BCUT2D eigenvalue weighted by molar-refractivity contribution is -0.158. The molecule has 0 heterocycles. The fraction of sp³-hybridized carbons (Fsp3) is 0.988. The first-order chi connectivity index (χ1) is 42.5. The molecule has 0 saturated carbocycles. The summed E-state index contributed by atoms with van der Waals surface area (Å²) in [4.78, 5) is 17.5. The Bertz CT molecular complexity index is 1100. The second kappa shape index (κ2) is 73.5. The highest BCUT2D eigenvalue weighted by molar-refractivity contribution is 5.79. The second-order valence-electron chi connectivity index (χ2n) is 29.2. The van der Waals surface area contributed by atoms with E-state index >= 15 is 0 Å². The summed E-state index contributed by atoms with van der Waals surface area (Å²) in [5, 5.41) is 12.2. The molecule has 0 radical (unpaired) electrons. The average molecular weight is 1210 g/mol. The van der Waals surface area contributed by atoms with Crippen LogP contribution in [0.25, 0.3) is 0 Å². The van der Waals surface area contributed by atoms with Crippen LogP contribution in [-0.2, 0) is 4.79 Å². The lowest BCUT2D eigenvalue weighted by atomic mass is 9.72. The standard InChI is InChI=1S/C83H167NO2/c1-6-11-16-21-26-31-36-41-46-51-56-61-66-71-76-81(77-72-67-62-57-52-47-42-37-32-27-22-17-12-7-2)83(82(85)86,78-73-68-63-58-53-48-43-38-33-28-23-18-13-8-3)84(79-74-69-64-59-54-49-44-39-34-29-24-19-14-9-4)80-75-70-65-60-55-50-45-40-35-30-25-20-15-10-5/h81H,6-80H2,1-5H3,(H,85,86)/t83-/m0/s1. The first-order valence-corrected chi connectivity index (χ1v) is 41.5. The highest BCUT2D eigenvalue weighted by Gasteiger charge is 2.49. The third-order valence-corrected chi connectivity index (χ3v) is 20.9. The van der Waals surface area contributed by atoms with Gasteiger partial charge in [0.2, 0.25) is 0 Å². The van der Waals surface area contributed by atoms with E-state index < -0.39 is 11.5 Å². The molecule has 0 spiro atoms.